The minimum atomic E-state index is 0.671. The van der Waals surface area contributed by atoms with Gasteiger partial charge in [0.05, 0.1) is 12.8 Å². The second kappa shape index (κ2) is 3.76. The molecule has 2 aromatic rings. The molecule has 0 aliphatic carbocycles. The van der Waals surface area contributed by atoms with E-state index in [1.54, 1.807) is 12.5 Å². The number of nitrogens with zero attached hydrogens (tertiary/aromatic N) is 1. The Morgan fingerprint density at radius 1 is 1.23 bits per heavy atom. The van der Waals surface area contributed by atoms with Crippen molar-refractivity contribution in [2.45, 2.75) is 6.54 Å². The summed E-state index contributed by atoms with van der Waals surface area (Å²) < 4.78 is 5.16. The van der Waals surface area contributed by atoms with Crippen molar-refractivity contribution in [2.75, 3.05) is 5.32 Å². The van der Waals surface area contributed by atoms with E-state index in [2.05, 4.69) is 10.3 Å². The fraction of sp³-hybridized carbons (Fsp3) is 0.100. The van der Waals surface area contributed by atoms with Crippen molar-refractivity contribution in [1.29, 1.82) is 0 Å². The SMILES string of the molecule is c1ccc(NCc2ccco2)nc1. The van der Waals surface area contributed by atoms with Crippen LogP contribution in [0.15, 0.2) is 47.2 Å². The van der Waals surface area contributed by atoms with Crippen molar-refractivity contribution in [2.24, 2.45) is 0 Å². The van der Waals surface area contributed by atoms with Gasteiger partial charge >= 0.3 is 0 Å². The second-order valence-electron chi connectivity index (χ2n) is 2.65. The fourth-order valence-electron chi connectivity index (χ4n) is 1.06. The molecule has 0 fully saturated rings. The van der Waals surface area contributed by atoms with Gasteiger partial charge in [0, 0.05) is 6.20 Å². The summed E-state index contributed by atoms with van der Waals surface area (Å²) in [6.45, 7) is 0.671. The number of anilines is 1. The Kier molecular flexibility index (Phi) is 2.27. The maximum Gasteiger partial charge on any atom is 0.126 e. The first-order valence-electron chi connectivity index (χ1n) is 4.12. The lowest BCUT2D eigenvalue weighted by Crippen LogP contribution is -1.99. The highest BCUT2D eigenvalue weighted by atomic mass is 16.3. The van der Waals surface area contributed by atoms with Crippen LogP contribution in [0.4, 0.5) is 5.82 Å². The zero-order chi connectivity index (χ0) is 8.93. The molecular weight excluding hydrogens is 164 g/mol. The minimum absolute atomic E-state index is 0.671. The van der Waals surface area contributed by atoms with Gasteiger partial charge in [0.2, 0.25) is 0 Å². The number of furan rings is 1. The van der Waals surface area contributed by atoms with Crippen molar-refractivity contribution < 1.29 is 4.42 Å². The van der Waals surface area contributed by atoms with Gasteiger partial charge in [-0.1, -0.05) is 6.07 Å². The van der Waals surface area contributed by atoms with Crippen LogP contribution in [0, 0.1) is 0 Å². The predicted octanol–water partition coefficient (Wildman–Crippen LogP) is 2.29. The van der Waals surface area contributed by atoms with Crippen LogP contribution < -0.4 is 5.32 Å². The maximum atomic E-state index is 5.16. The molecule has 0 radical (unpaired) electrons. The van der Waals surface area contributed by atoms with E-state index in [1.807, 2.05) is 30.3 Å². The third-order valence-corrected chi connectivity index (χ3v) is 1.69. The van der Waals surface area contributed by atoms with Crippen LogP contribution in [0.3, 0.4) is 0 Å². The van der Waals surface area contributed by atoms with Gasteiger partial charge in [-0.3, -0.25) is 0 Å². The Bertz CT molecular complexity index is 342. The van der Waals surface area contributed by atoms with Crippen LogP contribution in [-0.2, 0) is 6.54 Å². The van der Waals surface area contributed by atoms with Crippen molar-refractivity contribution in [3.05, 3.63) is 48.6 Å². The molecule has 0 saturated heterocycles. The predicted molar refractivity (Wildman–Crippen MR) is 50.3 cm³/mol. The van der Waals surface area contributed by atoms with Gasteiger partial charge in [-0.2, -0.15) is 0 Å². The summed E-state index contributed by atoms with van der Waals surface area (Å²) in [5.41, 5.74) is 0. The van der Waals surface area contributed by atoms with E-state index in [-0.39, 0.29) is 0 Å². The molecule has 0 aliphatic heterocycles. The van der Waals surface area contributed by atoms with E-state index in [4.69, 9.17) is 4.42 Å². The molecule has 0 saturated carbocycles. The van der Waals surface area contributed by atoms with Crippen LogP contribution in [-0.4, -0.2) is 4.98 Å². The monoisotopic (exact) mass is 174 g/mol. The molecule has 0 atom stereocenters. The Morgan fingerprint density at radius 3 is 2.92 bits per heavy atom. The molecule has 3 nitrogen and oxygen atoms in total. The number of hydrogen-bond acceptors (Lipinski definition) is 3. The van der Waals surface area contributed by atoms with Crippen LogP contribution in [0.2, 0.25) is 0 Å². The highest BCUT2D eigenvalue weighted by Crippen LogP contribution is 2.05. The normalized spacial score (nSPS) is 9.85. The zero-order valence-electron chi connectivity index (χ0n) is 7.10. The lowest BCUT2D eigenvalue weighted by Gasteiger charge is -2.01. The van der Waals surface area contributed by atoms with E-state index in [1.165, 1.54) is 0 Å². The molecule has 1 N–H and O–H groups in total. The summed E-state index contributed by atoms with van der Waals surface area (Å²) in [5, 5.41) is 3.14. The van der Waals surface area contributed by atoms with Crippen LogP contribution in [0.5, 0.6) is 0 Å². The number of hydrogen-bond donors (Lipinski definition) is 1. The zero-order valence-corrected chi connectivity index (χ0v) is 7.10. The summed E-state index contributed by atoms with van der Waals surface area (Å²) in [6.07, 6.45) is 3.42. The van der Waals surface area contributed by atoms with E-state index in [9.17, 15) is 0 Å². The second-order valence-corrected chi connectivity index (χ2v) is 2.65. The summed E-state index contributed by atoms with van der Waals surface area (Å²) in [4.78, 5) is 4.13. The summed E-state index contributed by atoms with van der Waals surface area (Å²) >= 11 is 0. The molecule has 0 amide bonds. The number of rotatable bonds is 3. The molecule has 2 heterocycles. The number of nitrogens with one attached hydrogen (secondary N) is 1. The maximum absolute atomic E-state index is 5.16. The van der Waals surface area contributed by atoms with Gasteiger partial charge in [0.1, 0.15) is 11.6 Å². The fourth-order valence-corrected chi connectivity index (χ4v) is 1.06. The van der Waals surface area contributed by atoms with Gasteiger partial charge in [0.15, 0.2) is 0 Å². The van der Waals surface area contributed by atoms with Crippen molar-refractivity contribution in [1.82, 2.24) is 4.98 Å². The molecule has 0 unspecified atom stereocenters. The minimum Gasteiger partial charge on any atom is -0.467 e. The molecule has 13 heavy (non-hydrogen) atoms. The first-order valence-corrected chi connectivity index (χ1v) is 4.12. The molecule has 2 aromatic heterocycles. The quantitative estimate of drug-likeness (QED) is 0.775. The Balaban J connectivity index is 1.94. The Hall–Kier alpha value is -1.77. The van der Waals surface area contributed by atoms with E-state index >= 15 is 0 Å². The number of pyridine rings is 1. The first-order chi connectivity index (χ1) is 6.45. The summed E-state index contributed by atoms with van der Waals surface area (Å²) in [6, 6.07) is 9.55. The molecular formula is C10H10N2O. The molecule has 66 valence electrons. The molecule has 2 rings (SSSR count). The third-order valence-electron chi connectivity index (χ3n) is 1.69. The average Bonchev–Trinajstić information content (AvgIpc) is 2.69. The summed E-state index contributed by atoms with van der Waals surface area (Å²) in [5.74, 6) is 1.77. The summed E-state index contributed by atoms with van der Waals surface area (Å²) in [7, 11) is 0. The molecule has 0 aliphatic rings. The van der Waals surface area contributed by atoms with E-state index < -0.39 is 0 Å². The Morgan fingerprint density at radius 2 is 2.23 bits per heavy atom. The highest BCUT2D eigenvalue weighted by molar-refractivity contribution is 5.33. The topological polar surface area (TPSA) is 38.1 Å². The van der Waals surface area contributed by atoms with Crippen molar-refractivity contribution in [3.63, 3.8) is 0 Å². The van der Waals surface area contributed by atoms with Crippen LogP contribution in [0.1, 0.15) is 5.76 Å². The van der Waals surface area contributed by atoms with Crippen LogP contribution >= 0.6 is 0 Å². The Labute approximate surface area is 76.4 Å². The molecule has 3 heteroatoms. The van der Waals surface area contributed by atoms with Crippen molar-refractivity contribution in [3.8, 4) is 0 Å². The van der Waals surface area contributed by atoms with Gasteiger partial charge in [-0.05, 0) is 24.3 Å². The lowest BCUT2D eigenvalue weighted by molar-refractivity contribution is 0.518. The average molecular weight is 174 g/mol. The molecule has 0 aromatic carbocycles. The number of aromatic nitrogens is 1. The highest BCUT2D eigenvalue weighted by Gasteiger charge is 1.94. The smallest absolute Gasteiger partial charge is 0.126 e. The third kappa shape index (κ3) is 2.08. The first kappa shape index (κ1) is 7.86. The van der Waals surface area contributed by atoms with E-state index in [0.29, 0.717) is 6.54 Å². The molecule has 0 bridgehead atoms. The van der Waals surface area contributed by atoms with Crippen molar-refractivity contribution >= 4 is 5.82 Å². The van der Waals surface area contributed by atoms with Gasteiger partial charge in [-0.15, -0.1) is 0 Å². The lowest BCUT2D eigenvalue weighted by atomic mass is 10.4. The largest absolute Gasteiger partial charge is 0.467 e. The van der Waals surface area contributed by atoms with Gasteiger partial charge in [0.25, 0.3) is 0 Å². The standard InChI is InChI=1S/C10H10N2O/c1-2-6-11-10(5-1)12-8-9-4-3-7-13-9/h1-7H,8H2,(H,11,12). The van der Waals surface area contributed by atoms with Gasteiger partial charge in [-0.25, -0.2) is 4.98 Å². The molecule has 0 spiro atoms. The van der Waals surface area contributed by atoms with Crippen LogP contribution in [0.25, 0.3) is 0 Å². The van der Waals surface area contributed by atoms with E-state index in [0.717, 1.165) is 11.6 Å². The van der Waals surface area contributed by atoms with Gasteiger partial charge < -0.3 is 9.73 Å².